The van der Waals surface area contributed by atoms with Crippen molar-refractivity contribution in [3.8, 4) is 0 Å². The second kappa shape index (κ2) is 8.14. The van der Waals surface area contributed by atoms with E-state index in [9.17, 15) is 4.79 Å². The number of hydrogen-bond acceptors (Lipinski definition) is 4. The zero-order chi connectivity index (χ0) is 15.8. The molecule has 0 saturated carbocycles. The molecule has 22 heavy (non-hydrogen) atoms. The predicted octanol–water partition coefficient (Wildman–Crippen LogP) is 2.95. The third-order valence-corrected chi connectivity index (χ3v) is 3.26. The molecule has 0 atom stereocenters. The van der Waals surface area contributed by atoms with Crippen molar-refractivity contribution in [1.82, 2.24) is 4.98 Å². The quantitative estimate of drug-likeness (QED) is 0.772. The van der Waals surface area contributed by atoms with Crippen LogP contribution < -0.4 is 10.6 Å². The number of nitrogens with zero attached hydrogens (tertiary/aromatic N) is 1. The molecule has 2 aromatic rings. The minimum absolute atomic E-state index is 0.174. The van der Waals surface area contributed by atoms with Gasteiger partial charge in [-0.25, -0.2) is 0 Å². The molecule has 2 rings (SSSR count). The van der Waals surface area contributed by atoms with Gasteiger partial charge in [-0.2, -0.15) is 0 Å². The molecule has 1 heterocycles. The molecule has 116 valence electrons. The van der Waals surface area contributed by atoms with Gasteiger partial charge in [0.1, 0.15) is 0 Å². The summed E-state index contributed by atoms with van der Waals surface area (Å²) in [5.74, 6) is -0.174. The van der Waals surface area contributed by atoms with Crippen LogP contribution in [0.5, 0.6) is 0 Å². The van der Waals surface area contributed by atoms with Gasteiger partial charge in [0.2, 0.25) is 0 Å². The van der Waals surface area contributed by atoms with Gasteiger partial charge in [0, 0.05) is 31.7 Å². The molecule has 1 amide bonds. The van der Waals surface area contributed by atoms with E-state index in [1.807, 2.05) is 24.3 Å². The molecule has 0 spiro atoms. The van der Waals surface area contributed by atoms with Crippen molar-refractivity contribution in [3.05, 3.63) is 53.9 Å². The minimum atomic E-state index is -0.174. The number of benzene rings is 1. The minimum Gasteiger partial charge on any atom is -0.383 e. The Bertz CT molecular complexity index is 612. The first-order valence-electron chi connectivity index (χ1n) is 7.31. The first-order valence-corrected chi connectivity index (χ1v) is 7.31. The van der Waals surface area contributed by atoms with Gasteiger partial charge < -0.3 is 15.4 Å². The molecule has 0 fully saturated rings. The zero-order valence-electron chi connectivity index (χ0n) is 12.9. The topological polar surface area (TPSA) is 63.2 Å². The average molecular weight is 299 g/mol. The van der Waals surface area contributed by atoms with Crippen LogP contribution in [0.15, 0.2) is 42.7 Å². The van der Waals surface area contributed by atoms with Crippen LogP contribution in [0.25, 0.3) is 0 Å². The van der Waals surface area contributed by atoms with Gasteiger partial charge in [0.05, 0.1) is 17.9 Å². The van der Waals surface area contributed by atoms with Crippen LogP contribution in [0.1, 0.15) is 22.8 Å². The third-order valence-electron chi connectivity index (χ3n) is 3.26. The van der Waals surface area contributed by atoms with Crippen LogP contribution in [-0.2, 0) is 11.2 Å². The van der Waals surface area contributed by atoms with Crippen molar-refractivity contribution < 1.29 is 9.53 Å². The summed E-state index contributed by atoms with van der Waals surface area (Å²) >= 11 is 0. The summed E-state index contributed by atoms with van der Waals surface area (Å²) in [4.78, 5) is 16.3. The molecule has 0 radical (unpaired) electrons. The second-order valence-corrected chi connectivity index (χ2v) is 4.89. The van der Waals surface area contributed by atoms with E-state index in [-0.39, 0.29) is 5.91 Å². The molecular formula is C17H21N3O2. The van der Waals surface area contributed by atoms with Gasteiger partial charge in [-0.15, -0.1) is 0 Å². The molecule has 0 aliphatic rings. The van der Waals surface area contributed by atoms with Crippen LogP contribution >= 0.6 is 0 Å². The standard InChI is InChI=1S/C17H21N3O2/c1-3-13-4-6-15(7-5-13)20-17(21)14-10-16(12-18-11-14)19-8-9-22-2/h4-7,10-12,19H,3,8-9H2,1-2H3,(H,20,21). The van der Waals surface area contributed by atoms with Crippen LogP contribution in [0.4, 0.5) is 11.4 Å². The van der Waals surface area contributed by atoms with Gasteiger partial charge in [-0.1, -0.05) is 19.1 Å². The monoisotopic (exact) mass is 299 g/mol. The number of nitrogens with one attached hydrogen (secondary N) is 2. The Balaban J connectivity index is 2.00. The van der Waals surface area contributed by atoms with Gasteiger partial charge in [0.25, 0.3) is 5.91 Å². The van der Waals surface area contributed by atoms with Crippen molar-refractivity contribution >= 4 is 17.3 Å². The zero-order valence-corrected chi connectivity index (χ0v) is 12.9. The van der Waals surface area contributed by atoms with E-state index in [4.69, 9.17) is 4.74 Å². The number of carbonyl (C=O) groups is 1. The first-order chi connectivity index (χ1) is 10.7. The van der Waals surface area contributed by atoms with Crippen molar-refractivity contribution in [2.24, 2.45) is 0 Å². The Morgan fingerprint density at radius 3 is 2.64 bits per heavy atom. The molecule has 1 aromatic carbocycles. The average Bonchev–Trinajstić information content (AvgIpc) is 2.56. The van der Waals surface area contributed by atoms with E-state index in [1.54, 1.807) is 25.6 Å². The Morgan fingerprint density at radius 1 is 1.18 bits per heavy atom. The van der Waals surface area contributed by atoms with Gasteiger partial charge >= 0.3 is 0 Å². The lowest BCUT2D eigenvalue weighted by molar-refractivity contribution is 0.102. The van der Waals surface area contributed by atoms with E-state index < -0.39 is 0 Å². The fourth-order valence-electron chi connectivity index (χ4n) is 1.99. The number of amides is 1. The number of ether oxygens (including phenoxy) is 1. The molecule has 5 heteroatoms. The Morgan fingerprint density at radius 2 is 1.95 bits per heavy atom. The van der Waals surface area contributed by atoms with Crippen molar-refractivity contribution in [3.63, 3.8) is 0 Å². The Kier molecular flexibility index (Phi) is 5.91. The smallest absolute Gasteiger partial charge is 0.257 e. The molecule has 2 N–H and O–H groups in total. The highest BCUT2D eigenvalue weighted by molar-refractivity contribution is 6.04. The van der Waals surface area contributed by atoms with Gasteiger partial charge in [-0.3, -0.25) is 9.78 Å². The normalized spacial score (nSPS) is 10.3. The second-order valence-electron chi connectivity index (χ2n) is 4.89. The van der Waals surface area contributed by atoms with E-state index >= 15 is 0 Å². The molecule has 5 nitrogen and oxygen atoms in total. The molecule has 0 unspecified atom stereocenters. The van der Waals surface area contributed by atoms with Gasteiger partial charge in [-0.05, 0) is 30.2 Å². The number of aryl methyl sites for hydroxylation is 1. The Labute approximate surface area is 130 Å². The first kappa shape index (κ1) is 16.0. The summed E-state index contributed by atoms with van der Waals surface area (Å²) in [6.07, 6.45) is 4.22. The maximum Gasteiger partial charge on any atom is 0.257 e. The number of anilines is 2. The molecule has 0 bridgehead atoms. The number of pyridine rings is 1. The molecule has 0 aliphatic carbocycles. The summed E-state index contributed by atoms with van der Waals surface area (Å²) in [6.45, 7) is 3.36. The number of rotatable bonds is 7. The lowest BCUT2D eigenvalue weighted by Crippen LogP contribution is -2.13. The fraction of sp³-hybridized carbons (Fsp3) is 0.294. The van der Waals surface area contributed by atoms with Crippen LogP contribution in [0.2, 0.25) is 0 Å². The lowest BCUT2D eigenvalue weighted by Gasteiger charge is -2.08. The molecular weight excluding hydrogens is 278 g/mol. The van der Waals surface area contributed by atoms with Crippen molar-refractivity contribution in [2.75, 3.05) is 30.9 Å². The number of methoxy groups -OCH3 is 1. The third kappa shape index (κ3) is 4.56. The summed E-state index contributed by atoms with van der Waals surface area (Å²) in [6, 6.07) is 9.61. The van der Waals surface area contributed by atoms with Gasteiger partial charge in [0.15, 0.2) is 0 Å². The summed E-state index contributed by atoms with van der Waals surface area (Å²) in [5.41, 5.74) is 3.33. The molecule has 0 saturated heterocycles. The van der Waals surface area contributed by atoms with E-state index in [2.05, 4.69) is 22.5 Å². The van der Waals surface area contributed by atoms with E-state index in [1.165, 1.54) is 5.56 Å². The summed E-state index contributed by atoms with van der Waals surface area (Å²) < 4.78 is 4.98. The maximum atomic E-state index is 12.2. The molecule has 0 aliphatic heterocycles. The highest BCUT2D eigenvalue weighted by Gasteiger charge is 2.07. The van der Waals surface area contributed by atoms with E-state index in [0.29, 0.717) is 18.7 Å². The number of carbonyl (C=O) groups excluding carboxylic acids is 1. The van der Waals surface area contributed by atoms with Crippen LogP contribution in [-0.4, -0.2) is 31.2 Å². The van der Waals surface area contributed by atoms with Crippen LogP contribution in [0.3, 0.4) is 0 Å². The van der Waals surface area contributed by atoms with Crippen molar-refractivity contribution in [1.29, 1.82) is 0 Å². The van der Waals surface area contributed by atoms with E-state index in [0.717, 1.165) is 17.8 Å². The fourth-order valence-corrected chi connectivity index (χ4v) is 1.99. The predicted molar refractivity (Wildman–Crippen MR) is 88.4 cm³/mol. The highest BCUT2D eigenvalue weighted by Crippen LogP contribution is 2.13. The summed E-state index contributed by atoms with van der Waals surface area (Å²) in [5, 5.41) is 6.02. The van der Waals surface area contributed by atoms with Crippen molar-refractivity contribution in [2.45, 2.75) is 13.3 Å². The maximum absolute atomic E-state index is 12.2. The largest absolute Gasteiger partial charge is 0.383 e. The number of hydrogen-bond donors (Lipinski definition) is 2. The highest BCUT2D eigenvalue weighted by atomic mass is 16.5. The Hall–Kier alpha value is -2.40. The lowest BCUT2D eigenvalue weighted by atomic mass is 10.1. The molecule has 1 aromatic heterocycles. The summed E-state index contributed by atoms with van der Waals surface area (Å²) in [7, 11) is 1.65. The van der Waals surface area contributed by atoms with Crippen LogP contribution in [0, 0.1) is 0 Å². The number of aromatic nitrogens is 1. The SMILES string of the molecule is CCc1ccc(NC(=O)c2cncc(NCCOC)c2)cc1.